The van der Waals surface area contributed by atoms with Crippen molar-refractivity contribution in [1.82, 2.24) is 5.32 Å². The number of amides is 1. The Bertz CT molecular complexity index is 476. The molecule has 110 valence electrons. The van der Waals surface area contributed by atoms with Crippen LogP contribution >= 0.6 is 11.8 Å². The van der Waals surface area contributed by atoms with E-state index in [1.54, 1.807) is 0 Å². The van der Waals surface area contributed by atoms with Gasteiger partial charge in [-0.05, 0) is 49.8 Å². The van der Waals surface area contributed by atoms with Gasteiger partial charge in [0.15, 0.2) is 0 Å². The Balaban J connectivity index is 2.05. The Morgan fingerprint density at radius 3 is 2.70 bits per heavy atom. The molecule has 0 heterocycles. The molecule has 2 unspecified atom stereocenters. The average Bonchev–Trinajstić information content (AvgIpc) is 2.47. The van der Waals surface area contributed by atoms with Crippen molar-refractivity contribution < 1.29 is 4.79 Å². The highest BCUT2D eigenvalue weighted by atomic mass is 32.2. The van der Waals surface area contributed by atoms with E-state index in [0.717, 1.165) is 23.2 Å². The van der Waals surface area contributed by atoms with Gasteiger partial charge < -0.3 is 10.6 Å². The molecule has 1 aromatic rings. The molecule has 3 nitrogen and oxygen atoms in total. The first-order chi connectivity index (χ1) is 9.65. The molecule has 0 radical (unpaired) electrons. The van der Waals surface area contributed by atoms with Crippen LogP contribution < -0.4 is 10.6 Å². The third-order valence-electron chi connectivity index (χ3n) is 4.08. The largest absolute Gasteiger partial charge is 0.388 e. The topological polar surface area (TPSA) is 41.1 Å². The molecule has 1 aliphatic rings. The first kappa shape index (κ1) is 15.2. The quantitative estimate of drug-likeness (QED) is 0.893. The molecule has 0 aliphatic heterocycles. The fourth-order valence-electron chi connectivity index (χ4n) is 2.88. The van der Waals surface area contributed by atoms with Crippen molar-refractivity contribution in [2.75, 3.05) is 18.6 Å². The second kappa shape index (κ2) is 7.02. The second-order valence-corrected chi connectivity index (χ2v) is 6.50. The lowest BCUT2D eigenvalue weighted by Gasteiger charge is -2.31. The molecule has 4 heteroatoms. The zero-order chi connectivity index (χ0) is 14.5. The highest BCUT2D eigenvalue weighted by Crippen LogP contribution is 2.27. The summed E-state index contributed by atoms with van der Waals surface area (Å²) >= 11 is 1.88. The monoisotopic (exact) mass is 292 g/mol. The molecule has 20 heavy (non-hydrogen) atoms. The van der Waals surface area contributed by atoms with Gasteiger partial charge >= 0.3 is 0 Å². The molecule has 1 aromatic carbocycles. The van der Waals surface area contributed by atoms with E-state index in [1.165, 1.54) is 19.3 Å². The number of hydrogen-bond acceptors (Lipinski definition) is 3. The SMILES string of the molecule is CNc1ccc(C(=O)NC2CCCCC2SC)cc1C. The van der Waals surface area contributed by atoms with Crippen LogP contribution in [-0.2, 0) is 0 Å². The Kier molecular flexibility index (Phi) is 5.35. The Labute approximate surface area is 125 Å². The molecule has 0 spiro atoms. The summed E-state index contributed by atoms with van der Waals surface area (Å²) in [5.74, 6) is 0.0571. The third kappa shape index (κ3) is 3.48. The first-order valence-corrected chi connectivity index (χ1v) is 8.56. The Hall–Kier alpha value is -1.16. The molecule has 2 atom stereocenters. The van der Waals surface area contributed by atoms with Crippen molar-refractivity contribution in [2.45, 2.75) is 43.9 Å². The smallest absolute Gasteiger partial charge is 0.251 e. The van der Waals surface area contributed by atoms with Crippen molar-refractivity contribution in [3.63, 3.8) is 0 Å². The molecule has 0 bridgehead atoms. The van der Waals surface area contributed by atoms with Crippen LogP contribution in [0.3, 0.4) is 0 Å². The summed E-state index contributed by atoms with van der Waals surface area (Å²) in [5.41, 5.74) is 2.93. The Morgan fingerprint density at radius 1 is 1.30 bits per heavy atom. The summed E-state index contributed by atoms with van der Waals surface area (Å²) in [6.45, 7) is 2.02. The number of anilines is 1. The Morgan fingerprint density at radius 2 is 2.05 bits per heavy atom. The van der Waals surface area contributed by atoms with Crippen LogP contribution in [0.5, 0.6) is 0 Å². The van der Waals surface area contributed by atoms with E-state index in [2.05, 4.69) is 16.9 Å². The number of benzene rings is 1. The predicted octanol–water partition coefficient (Wildman–Crippen LogP) is 3.44. The van der Waals surface area contributed by atoms with Crippen LogP contribution in [0.4, 0.5) is 5.69 Å². The molecule has 1 aliphatic carbocycles. The van der Waals surface area contributed by atoms with Gasteiger partial charge in [0.2, 0.25) is 0 Å². The van der Waals surface area contributed by atoms with Crippen molar-refractivity contribution >= 4 is 23.4 Å². The number of nitrogens with one attached hydrogen (secondary N) is 2. The van der Waals surface area contributed by atoms with Gasteiger partial charge in [0, 0.05) is 29.6 Å². The summed E-state index contributed by atoms with van der Waals surface area (Å²) in [4.78, 5) is 12.4. The minimum absolute atomic E-state index is 0.0571. The zero-order valence-electron chi connectivity index (χ0n) is 12.5. The standard InChI is InChI=1S/C16H24N2OS/c1-11-10-12(8-9-13(11)17-2)16(19)18-14-6-4-5-7-15(14)20-3/h8-10,14-15,17H,4-7H2,1-3H3,(H,18,19). The van der Waals surface area contributed by atoms with E-state index in [1.807, 2.05) is 43.9 Å². The number of carbonyl (C=O) groups excluding carboxylic acids is 1. The molecule has 2 N–H and O–H groups in total. The minimum atomic E-state index is 0.0571. The summed E-state index contributed by atoms with van der Waals surface area (Å²) in [5, 5.41) is 6.91. The maximum atomic E-state index is 12.4. The van der Waals surface area contributed by atoms with Crippen molar-refractivity contribution in [3.05, 3.63) is 29.3 Å². The maximum Gasteiger partial charge on any atom is 0.251 e. The fraction of sp³-hybridized carbons (Fsp3) is 0.562. The van der Waals surface area contributed by atoms with Crippen LogP contribution in [0, 0.1) is 6.92 Å². The summed E-state index contributed by atoms with van der Waals surface area (Å²) in [6.07, 6.45) is 6.96. The lowest BCUT2D eigenvalue weighted by molar-refractivity contribution is 0.0929. The van der Waals surface area contributed by atoms with Gasteiger partial charge in [-0.1, -0.05) is 12.8 Å². The van der Waals surface area contributed by atoms with E-state index in [-0.39, 0.29) is 5.91 Å². The van der Waals surface area contributed by atoms with Crippen molar-refractivity contribution in [3.8, 4) is 0 Å². The number of hydrogen-bond donors (Lipinski definition) is 2. The second-order valence-electron chi connectivity index (χ2n) is 5.42. The van der Waals surface area contributed by atoms with Gasteiger partial charge in [-0.25, -0.2) is 0 Å². The van der Waals surface area contributed by atoms with E-state index >= 15 is 0 Å². The van der Waals surface area contributed by atoms with Crippen LogP contribution in [0.25, 0.3) is 0 Å². The molecule has 2 rings (SSSR count). The summed E-state index contributed by atoms with van der Waals surface area (Å²) in [7, 11) is 1.90. The van der Waals surface area contributed by atoms with Gasteiger partial charge in [-0.2, -0.15) is 11.8 Å². The molecular weight excluding hydrogens is 268 g/mol. The molecular formula is C16H24N2OS. The van der Waals surface area contributed by atoms with Gasteiger partial charge in [-0.15, -0.1) is 0 Å². The number of rotatable bonds is 4. The minimum Gasteiger partial charge on any atom is -0.388 e. The van der Waals surface area contributed by atoms with Gasteiger partial charge in [-0.3, -0.25) is 4.79 Å². The van der Waals surface area contributed by atoms with Crippen molar-refractivity contribution in [1.29, 1.82) is 0 Å². The lowest BCUT2D eigenvalue weighted by Crippen LogP contribution is -2.43. The summed E-state index contributed by atoms with van der Waals surface area (Å²) in [6, 6.07) is 6.14. The lowest BCUT2D eigenvalue weighted by atomic mass is 9.94. The van der Waals surface area contributed by atoms with E-state index < -0.39 is 0 Å². The molecule has 1 saturated carbocycles. The zero-order valence-corrected chi connectivity index (χ0v) is 13.3. The van der Waals surface area contributed by atoms with Gasteiger partial charge in [0.1, 0.15) is 0 Å². The highest BCUT2D eigenvalue weighted by molar-refractivity contribution is 7.99. The maximum absolute atomic E-state index is 12.4. The van der Waals surface area contributed by atoms with Gasteiger partial charge in [0.25, 0.3) is 5.91 Å². The van der Waals surface area contributed by atoms with Gasteiger partial charge in [0.05, 0.1) is 0 Å². The highest BCUT2D eigenvalue weighted by Gasteiger charge is 2.26. The molecule has 0 aromatic heterocycles. The van der Waals surface area contributed by atoms with E-state index in [4.69, 9.17) is 0 Å². The predicted molar refractivity (Wildman–Crippen MR) is 87.8 cm³/mol. The van der Waals surface area contributed by atoms with Crippen molar-refractivity contribution in [2.24, 2.45) is 0 Å². The van der Waals surface area contributed by atoms with Crippen LogP contribution in [0.15, 0.2) is 18.2 Å². The molecule has 1 fully saturated rings. The first-order valence-electron chi connectivity index (χ1n) is 7.27. The van der Waals surface area contributed by atoms with E-state index in [9.17, 15) is 4.79 Å². The normalized spacial score (nSPS) is 22.4. The number of aryl methyl sites for hydroxylation is 1. The van der Waals surface area contributed by atoms with Crippen LogP contribution in [-0.4, -0.2) is 30.5 Å². The number of carbonyl (C=O) groups is 1. The number of thioether (sulfide) groups is 1. The molecule has 0 saturated heterocycles. The molecule has 1 amide bonds. The van der Waals surface area contributed by atoms with Crippen LogP contribution in [0.1, 0.15) is 41.6 Å². The third-order valence-corrected chi connectivity index (χ3v) is 5.25. The van der Waals surface area contributed by atoms with Crippen LogP contribution in [0.2, 0.25) is 0 Å². The fourth-order valence-corrected chi connectivity index (χ4v) is 3.82. The average molecular weight is 292 g/mol. The van der Waals surface area contributed by atoms with E-state index in [0.29, 0.717) is 11.3 Å². The summed E-state index contributed by atoms with van der Waals surface area (Å²) < 4.78 is 0.